The molecule has 3 fully saturated rings. The number of unbranched alkanes of at least 4 members (excludes halogenated alkanes) is 9. The molecule has 2 unspecified atom stereocenters. The number of carbonyl (C=O) groups excluding carboxylic acids is 8. The zero-order valence-electron chi connectivity index (χ0n) is 64.2. The molecule has 0 aromatic heterocycles. The predicted octanol–water partition coefficient (Wildman–Crippen LogP) is -6.18. The molecule has 0 radical (unpaired) electrons. The van der Waals surface area contributed by atoms with Gasteiger partial charge in [-0.25, -0.2) is 0 Å². The highest BCUT2D eigenvalue weighted by molar-refractivity contribution is 5.92. The molecule has 8 amide bonds. The average Bonchev–Trinajstić information content (AvgIpc) is 0.821. The molecule has 17 atom stereocenters. The second-order valence-electron chi connectivity index (χ2n) is 26.4. The fourth-order valence-electron chi connectivity index (χ4n) is 11.5. The van der Waals surface area contributed by atoms with Crippen LogP contribution >= 0.6 is 0 Å². The van der Waals surface area contributed by atoms with E-state index in [4.69, 9.17) is 71.1 Å². The predicted molar refractivity (Wildman–Crippen MR) is 385 cm³/mol. The fraction of sp³-hybridized carbons (Fsp3) is 0.886. The van der Waals surface area contributed by atoms with Crippen LogP contribution < -0.4 is 42.5 Å². The van der Waals surface area contributed by atoms with Gasteiger partial charge in [-0.15, -0.1) is 0 Å². The van der Waals surface area contributed by atoms with Crippen molar-refractivity contribution in [3.05, 3.63) is 0 Å². The summed E-state index contributed by atoms with van der Waals surface area (Å²) in [4.78, 5) is 102. The maximum absolute atomic E-state index is 14.2. The van der Waals surface area contributed by atoms with Gasteiger partial charge in [-0.2, -0.15) is 0 Å². The maximum Gasteiger partial charge on any atom is 0.246 e. The Morgan fingerprint density at radius 1 is 0.327 bits per heavy atom. The van der Waals surface area contributed by atoms with Gasteiger partial charge < -0.3 is 160 Å². The fourth-order valence-corrected chi connectivity index (χ4v) is 11.5. The van der Waals surface area contributed by atoms with Gasteiger partial charge in [0.05, 0.1) is 139 Å². The normalized spacial score (nSPS) is 24.5. The second kappa shape index (κ2) is 61.3. The largest absolute Gasteiger partial charge is 0.394 e. The van der Waals surface area contributed by atoms with Gasteiger partial charge in [-0.05, 0) is 44.9 Å². The van der Waals surface area contributed by atoms with Crippen molar-refractivity contribution in [2.45, 2.75) is 222 Å². The number of rotatable bonds is 65. The molecular weight excluding hydrogens is 1460 g/mol. The summed E-state index contributed by atoms with van der Waals surface area (Å²) in [5.74, 6) is -3.94. The number of ether oxygens (including phenoxy) is 15. The quantitative estimate of drug-likeness (QED) is 0.0252. The van der Waals surface area contributed by atoms with Crippen molar-refractivity contribution in [1.29, 1.82) is 0 Å². The van der Waals surface area contributed by atoms with Crippen LogP contribution in [0.3, 0.4) is 0 Å². The van der Waals surface area contributed by atoms with Crippen LogP contribution in [0.5, 0.6) is 0 Å². The molecule has 0 bridgehead atoms. The number of carbonyl (C=O) groups is 8. The van der Waals surface area contributed by atoms with E-state index in [2.05, 4.69) is 49.5 Å². The highest BCUT2D eigenvalue weighted by Gasteiger charge is 2.48. The lowest BCUT2D eigenvalue weighted by molar-refractivity contribution is -0.272. The monoisotopic (exact) mass is 1590 g/mol. The van der Waals surface area contributed by atoms with Crippen LogP contribution in [0.4, 0.5) is 0 Å². The zero-order chi connectivity index (χ0) is 80.7. The van der Waals surface area contributed by atoms with Gasteiger partial charge in [0, 0.05) is 40.4 Å². The first-order valence-electron chi connectivity index (χ1n) is 38.2. The van der Waals surface area contributed by atoms with Crippen molar-refractivity contribution in [3.8, 4) is 0 Å². The van der Waals surface area contributed by atoms with Crippen molar-refractivity contribution >= 4 is 47.3 Å². The summed E-state index contributed by atoms with van der Waals surface area (Å²) in [7, 11) is 0. The summed E-state index contributed by atoms with van der Waals surface area (Å²) in [5, 5.41) is 112. The lowest BCUT2D eigenvalue weighted by atomic mass is 9.97. The molecule has 3 heterocycles. The van der Waals surface area contributed by atoms with Gasteiger partial charge in [-0.1, -0.05) is 51.9 Å². The van der Waals surface area contributed by atoms with Crippen LogP contribution in [0.25, 0.3) is 0 Å². The number of aliphatic hydroxyl groups is 9. The highest BCUT2D eigenvalue weighted by atomic mass is 16.7. The Hall–Kier alpha value is -5.20. The standard InChI is InChI=1S/C70H128N8O32/c1-5-6-7-8-9-10-11-14-21-73-66(94)49(17-12-15-19-71-54(85)43-102-31-28-96-22-25-99-34-37-105-68-57(74-46(2)82)63(91)60(88)51(40-79)108-68)78-67(95)50(77-56(87)45-104-33-30-98-24-27-101-36-39-107-70-59(76-48(4)84)65(93)62(90)53(42-81)110-70)18-13-16-20-72-55(86)44-103-32-29-97-23-26-100-35-38-106-69-58(75-47(3)83)64(92)61(89)52(41-80)109-69/h49-53,57-65,68-70,79-81,88-93H,5-45H2,1-4H3,(H,71,85)(H,72,86)(H,73,94)(H,74,82)(H,75,83)(H,76,84)(H,77,87)(H,78,95)/t49?,50?,51-,52-,53-,57-,58-,59-,60+,61+,62+,63-,64-,65-,68-,69-,70-/m1/s1. The summed E-state index contributed by atoms with van der Waals surface area (Å²) in [5.41, 5.74) is 0. The third-order valence-electron chi connectivity index (χ3n) is 17.3. The minimum absolute atomic E-state index is 0.00698. The minimum Gasteiger partial charge on any atom is -0.394 e. The smallest absolute Gasteiger partial charge is 0.246 e. The molecule has 40 nitrogen and oxygen atoms in total. The summed E-state index contributed by atoms with van der Waals surface area (Å²) < 4.78 is 83.1. The van der Waals surface area contributed by atoms with Crippen LogP contribution in [-0.2, 0) is 109 Å². The second-order valence-corrected chi connectivity index (χ2v) is 26.4. The number of hydrogen-bond acceptors (Lipinski definition) is 32. The molecule has 3 rings (SSSR count). The average molecular weight is 1590 g/mol. The lowest BCUT2D eigenvalue weighted by Gasteiger charge is -2.42. The van der Waals surface area contributed by atoms with Crippen molar-refractivity contribution in [2.24, 2.45) is 0 Å². The van der Waals surface area contributed by atoms with E-state index in [9.17, 15) is 84.3 Å². The Morgan fingerprint density at radius 2 is 0.609 bits per heavy atom. The van der Waals surface area contributed by atoms with E-state index >= 15 is 0 Å². The van der Waals surface area contributed by atoms with Crippen molar-refractivity contribution < 1.29 is 155 Å². The van der Waals surface area contributed by atoms with Crippen LogP contribution in [0.2, 0.25) is 0 Å². The lowest BCUT2D eigenvalue weighted by Crippen LogP contribution is -2.64. The molecular formula is C70H128N8O32. The summed E-state index contributed by atoms with van der Waals surface area (Å²) in [6.45, 7) is 5.58. The van der Waals surface area contributed by atoms with E-state index in [-0.39, 0.29) is 164 Å². The van der Waals surface area contributed by atoms with Crippen molar-refractivity contribution in [3.63, 3.8) is 0 Å². The third-order valence-corrected chi connectivity index (χ3v) is 17.3. The molecule has 3 aliphatic rings. The maximum atomic E-state index is 14.2. The summed E-state index contributed by atoms with van der Waals surface area (Å²) >= 11 is 0. The van der Waals surface area contributed by atoms with Crippen LogP contribution in [0.15, 0.2) is 0 Å². The van der Waals surface area contributed by atoms with E-state index in [1.165, 1.54) is 33.6 Å². The first-order chi connectivity index (χ1) is 53.1. The first-order valence-corrected chi connectivity index (χ1v) is 38.2. The highest BCUT2D eigenvalue weighted by Crippen LogP contribution is 2.25. The van der Waals surface area contributed by atoms with Crippen LogP contribution in [0.1, 0.15) is 118 Å². The van der Waals surface area contributed by atoms with Gasteiger partial charge >= 0.3 is 0 Å². The Bertz CT molecular complexity index is 2500. The van der Waals surface area contributed by atoms with Gasteiger partial charge in [-0.3, -0.25) is 38.4 Å². The summed E-state index contributed by atoms with van der Waals surface area (Å²) in [6, 6.07) is -5.43. The molecule has 110 heavy (non-hydrogen) atoms. The van der Waals surface area contributed by atoms with E-state index in [0.717, 1.165) is 38.5 Å². The molecule has 640 valence electrons. The molecule has 17 N–H and O–H groups in total. The first kappa shape index (κ1) is 99.0. The molecule has 0 aromatic rings. The van der Waals surface area contributed by atoms with Gasteiger partial charge in [0.2, 0.25) is 47.3 Å². The van der Waals surface area contributed by atoms with Crippen LogP contribution in [0, 0.1) is 0 Å². The van der Waals surface area contributed by atoms with Gasteiger partial charge in [0.1, 0.15) is 105 Å². The van der Waals surface area contributed by atoms with Gasteiger partial charge in [0.15, 0.2) is 18.9 Å². The molecule has 40 heteroatoms. The number of hydrogen-bond donors (Lipinski definition) is 17. The molecule has 0 saturated carbocycles. The Labute approximate surface area is 642 Å². The number of aliphatic hydroxyl groups excluding tert-OH is 9. The van der Waals surface area contributed by atoms with E-state index in [0.29, 0.717) is 32.2 Å². The summed E-state index contributed by atoms with van der Waals surface area (Å²) in [6.07, 6.45) is -5.33. The third kappa shape index (κ3) is 42.8. The number of nitrogens with one attached hydrogen (secondary N) is 8. The molecule has 3 aliphatic heterocycles. The topological polar surface area (TPSA) is 553 Å². The van der Waals surface area contributed by atoms with E-state index in [1.54, 1.807) is 0 Å². The van der Waals surface area contributed by atoms with Crippen LogP contribution in [-0.4, -0.2) is 375 Å². The van der Waals surface area contributed by atoms with E-state index < -0.39 is 172 Å². The molecule has 0 aromatic carbocycles. The molecule has 3 saturated heterocycles. The van der Waals surface area contributed by atoms with E-state index in [1.807, 2.05) is 0 Å². The Kier molecular flexibility index (Phi) is 55.1. The minimum atomic E-state index is -1.47. The van der Waals surface area contributed by atoms with Crippen molar-refractivity contribution in [1.82, 2.24) is 42.5 Å². The van der Waals surface area contributed by atoms with Gasteiger partial charge in [0.25, 0.3) is 0 Å². The molecule has 0 aliphatic carbocycles. The zero-order valence-corrected chi connectivity index (χ0v) is 64.2. The SMILES string of the molecule is CCCCCCCCCCNC(=O)C(CCCCNC(=O)COCCOCCOCCO[C@@H]1O[C@H](CO)[C@H](O)[C@H](O)[C@H]1NC(C)=O)NC(=O)C(CCCCNC(=O)COCCOCCOCCO[C@@H]1O[C@H](CO)[C@H](O)[C@H](O)[C@H]1NC(C)=O)NC(=O)COCCOCCOCCO[C@@H]1O[C@H](CO)[C@H](O)[C@H](O)[C@H]1NC(C)=O. The Morgan fingerprint density at radius 3 is 0.936 bits per heavy atom. The van der Waals surface area contributed by atoms with Crippen molar-refractivity contribution in [2.75, 3.05) is 178 Å². The Balaban J connectivity index is 1.47. The molecule has 0 spiro atoms. The number of amides is 8.